The molecule has 0 saturated heterocycles. The van der Waals surface area contributed by atoms with Crippen LogP contribution in [0.25, 0.3) is 0 Å². The zero-order chi connectivity index (χ0) is 40.5. The average molecular weight is 781 g/mol. The Hall–Kier alpha value is -4.32. The van der Waals surface area contributed by atoms with Gasteiger partial charge in [0.25, 0.3) is 0 Å². The van der Waals surface area contributed by atoms with Crippen molar-refractivity contribution < 1.29 is 28.4 Å². The largest absolute Gasteiger partial charge is 0.490 e. The number of unbranched alkanes of at least 4 members (excludes halogenated alkanes) is 6. The molecular formula is C51H72O6. The van der Waals surface area contributed by atoms with Gasteiger partial charge in [0, 0.05) is 0 Å². The van der Waals surface area contributed by atoms with Gasteiger partial charge in [-0.15, -0.1) is 0 Å². The fourth-order valence-electron chi connectivity index (χ4n) is 7.08. The molecule has 0 saturated carbocycles. The fourth-order valence-corrected chi connectivity index (χ4v) is 7.08. The van der Waals surface area contributed by atoms with Gasteiger partial charge in [0.2, 0.25) is 0 Å². The highest BCUT2D eigenvalue weighted by molar-refractivity contribution is 5.54. The van der Waals surface area contributed by atoms with Crippen molar-refractivity contribution >= 4 is 0 Å². The summed E-state index contributed by atoms with van der Waals surface area (Å²) in [7, 11) is 0. The van der Waals surface area contributed by atoms with Gasteiger partial charge in [-0.3, -0.25) is 0 Å². The minimum absolute atomic E-state index is 0.438. The van der Waals surface area contributed by atoms with Gasteiger partial charge < -0.3 is 28.4 Å². The topological polar surface area (TPSA) is 55.4 Å². The van der Waals surface area contributed by atoms with Crippen molar-refractivity contribution in [3.8, 4) is 34.5 Å². The molecule has 4 aromatic rings. The zero-order valence-electron chi connectivity index (χ0n) is 36.2. The third-order valence-electron chi connectivity index (χ3n) is 10.5. The third kappa shape index (κ3) is 14.2. The lowest BCUT2D eigenvalue weighted by atomic mass is 9.81. The van der Waals surface area contributed by atoms with Crippen LogP contribution in [0.15, 0.2) is 72.8 Å². The van der Waals surface area contributed by atoms with Crippen molar-refractivity contribution in [2.75, 3.05) is 19.8 Å². The van der Waals surface area contributed by atoms with E-state index in [9.17, 15) is 0 Å². The van der Waals surface area contributed by atoms with Crippen LogP contribution < -0.4 is 28.4 Å². The Morgan fingerprint density at radius 1 is 0.281 bits per heavy atom. The van der Waals surface area contributed by atoms with E-state index in [1.807, 2.05) is 72.8 Å². The third-order valence-corrected chi connectivity index (χ3v) is 10.5. The molecule has 0 aromatic heterocycles. The second kappa shape index (κ2) is 26.6. The normalized spacial score (nSPS) is 11.1. The first-order chi connectivity index (χ1) is 28.1. The van der Waals surface area contributed by atoms with E-state index in [1.165, 1.54) is 33.4 Å². The highest BCUT2D eigenvalue weighted by Crippen LogP contribution is 2.38. The summed E-state index contributed by atoms with van der Waals surface area (Å²) in [4.78, 5) is 0. The minimum atomic E-state index is 0.438. The summed E-state index contributed by atoms with van der Waals surface area (Å²) in [5.41, 5.74) is 7.85. The van der Waals surface area contributed by atoms with Crippen LogP contribution in [0.4, 0.5) is 0 Å². The number of hydrogen-bond acceptors (Lipinski definition) is 6. The van der Waals surface area contributed by atoms with E-state index >= 15 is 0 Å². The molecule has 0 aliphatic heterocycles. The van der Waals surface area contributed by atoms with Gasteiger partial charge in [-0.05, 0) is 128 Å². The highest BCUT2D eigenvalue weighted by Gasteiger charge is 2.25. The van der Waals surface area contributed by atoms with E-state index in [1.54, 1.807) is 0 Å². The molecule has 0 spiro atoms. The van der Waals surface area contributed by atoms with Crippen LogP contribution in [0, 0.1) is 0 Å². The zero-order valence-corrected chi connectivity index (χ0v) is 36.2. The number of benzene rings is 4. The summed E-state index contributed by atoms with van der Waals surface area (Å²) in [6.45, 7) is 16.7. The van der Waals surface area contributed by atoms with Gasteiger partial charge in [0.05, 0.1) is 19.8 Å². The maximum absolute atomic E-state index is 6.85. The highest BCUT2D eigenvalue weighted by atomic mass is 16.5. The van der Waals surface area contributed by atoms with Gasteiger partial charge >= 0.3 is 0 Å². The summed E-state index contributed by atoms with van der Waals surface area (Å²) in [5.74, 6) is 4.71. The lowest BCUT2D eigenvalue weighted by Crippen LogP contribution is -2.19. The van der Waals surface area contributed by atoms with E-state index < -0.39 is 0 Å². The van der Waals surface area contributed by atoms with Gasteiger partial charge in [-0.2, -0.15) is 0 Å². The molecule has 57 heavy (non-hydrogen) atoms. The molecule has 6 nitrogen and oxygen atoms in total. The van der Waals surface area contributed by atoms with Crippen LogP contribution in [-0.2, 0) is 39.1 Å². The maximum Gasteiger partial charge on any atom is 0.161 e. The monoisotopic (exact) mass is 781 g/mol. The van der Waals surface area contributed by atoms with E-state index in [-0.39, 0.29) is 0 Å². The van der Waals surface area contributed by atoms with Gasteiger partial charge in [0.15, 0.2) is 34.5 Å². The van der Waals surface area contributed by atoms with Crippen LogP contribution in [0.3, 0.4) is 0 Å². The van der Waals surface area contributed by atoms with Crippen molar-refractivity contribution in [2.45, 2.75) is 158 Å². The lowest BCUT2D eigenvalue weighted by Gasteiger charge is -2.28. The molecule has 0 unspecified atom stereocenters. The number of hydrogen-bond donors (Lipinski definition) is 0. The smallest absolute Gasteiger partial charge is 0.161 e. The predicted octanol–water partition coefficient (Wildman–Crippen LogP) is 14.0. The van der Waals surface area contributed by atoms with Crippen LogP contribution in [0.5, 0.6) is 34.5 Å². The van der Waals surface area contributed by atoms with Crippen LogP contribution in [0.2, 0.25) is 0 Å². The first-order valence-electron chi connectivity index (χ1n) is 22.3. The summed E-state index contributed by atoms with van der Waals surface area (Å²) >= 11 is 0. The Labute approximate surface area is 345 Å². The number of para-hydroxylation sites is 6. The van der Waals surface area contributed by atoms with Crippen molar-refractivity contribution in [1.82, 2.24) is 0 Å². The lowest BCUT2D eigenvalue weighted by molar-refractivity contribution is 0.249. The van der Waals surface area contributed by atoms with E-state index in [0.717, 1.165) is 131 Å². The van der Waals surface area contributed by atoms with Crippen molar-refractivity contribution in [2.24, 2.45) is 0 Å². The second-order valence-electron chi connectivity index (χ2n) is 15.0. The van der Waals surface area contributed by atoms with Crippen LogP contribution >= 0.6 is 0 Å². The quantitative estimate of drug-likeness (QED) is 0.0491. The van der Waals surface area contributed by atoms with E-state index in [0.29, 0.717) is 39.6 Å². The number of rotatable bonds is 30. The van der Waals surface area contributed by atoms with Crippen molar-refractivity contribution in [3.05, 3.63) is 106 Å². The molecule has 0 atom stereocenters. The Bertz CT molecular complexity index is 1490. The van der Waals surface area contributed by atoms with Gasteiger partial charge in [-0.1, -0.05) is 116 Å². The second-order valence-corrected chi connectivity index (χ2v) is 15.0. The number of ether oxygens (including phenoxy) is 6. The average Bonchev–Trinajstić information content (AvgIpc) is 3.24. The Balaban J connectivity index is 1.90. The SMILES string of the molecule is CCCCOc1ccccc1OCc1c(CCCC)c(COc2ccccc2OCCCC)c(CCCC)c(COc2ccccc2OCCCC)c1CCCC. The molecule has 4 aromatic carbocycles. The molecule has 6 heteroatoms. The van der Waals surface area contributed by atoms with Crippen molar-refractivity contribution in [1.29, 1.82) is 0 Å². The summed E-state index contributed by atoms with van der Waals surface area (Å²) in [5, 5.41) is 0. The molecular weight excluding hydrogens is 709 g/mol. The first kappa shape index (κ1) is 45.4. The van der Waals surface area contributed by atoms with Crippen molar-refractivity contribution in [3.63, 3.8) is 0 Å². The molecule has 0 radical (unpaired) electrons. The van der Waals surface area contributed by atoms with Crippen LogP contribution in [0.1, 0.15) is 152 Å². The molecule has 0 fully saturated rings. The predicted molar refractivity (Wildman–Crippen MR) is 236 cm³/mol. The van der Waals surface area contributed by atoms with Gasteiger partial charge in [0.1, 0.15) is 19.8 Å². The summed E-state index contributed by atoms with van der Waals surface area (Å²) in [6.07, 6.45) is 15.6. The summed E-state index contributed by atoms with van der Waals surface area (Å²) in [6, 6.07) is 24.3. The standard InChI is InChI=1S/C51H72O6/c1-7-13-25-40-43(37-55-49-31-22-19-28-46(49)52-34-16-10-4)41(26-14-8-2)45(39-57-51-33-24-21-30-48(51)54-36-18-12-6)42(27-15-9-3)44(40)38-56-50-32-23-20-29-47(50)53-35-17-11-5/h19-24,28-33H,7-18,25-27,34-39H2,1-6H3. The first-order valence-corrected chi connectivity index (χ1v) is 22.3. The molecule has 0 heterocycles. The Morgan fingerprint density at radius 3 is 0.737 bits per heavy atom. The fraction of sp³-hybridized carbons (Fsp3) is 0.529. The molecule has 0 aliphatic rings. The van der Waals surface area contributed by atoms with Crippen LogP contribution in [-0.4, -0.2) is 19.8 Å². The molecule has 4 rings (SSSR count). The molecule has 0 aliphatic carbocycles. The Kier molecular flexibility index (Phi) is 21.2. The summed E-state index contributed by atoms with van der Waals surface area (Å²) < 4.78 is 39.3. The van der Waals surface area contributed by atoms with E-state index in [2.05, 4.69) is 41.5 Å². The minimum Gasteiger partial charge on any atom is -0.490 e. The Morgan fingerprint density at radius 2 is 0.509 bits per heavy atom. The maximum atomic E-state index is 6.85. The molecule has 0 amide bonds. The van der Waals surface area contributed by atoms with Gasteiger partial charge in [-0.25, -0.2) is 0 Å². The molecule has 0 N–H and O–H groups in total. The molecule has 0 bridgehead atoms. The molecule has 312 valence electrons. The van der Waals surface area contributed by atoms with E-state index in [4.69, 9.17) is 28.4 Å².